The van der Waals surface area contributed by atoms with E-state index in [1.165, 1.54) is 37.5 Å². The Morgan fingerprint density at radius 1 is 1.08 bits per heavy atom. The summed E-state index contributed by atoms with van der Waals surface area (Å²) in [6, 6.07) is 7.89. The Labute approximate surface area is 144 Å². The zero-order valence-corrected chi connectivity index (χ0v) is 13.8. The fourth-order valence-corrected chi connectivity index (χ4v) is 3.07. The molecule has 1 heterocycles. The number of aromatic nitrogens is 2. The summed E-state index contributed by atoms with van der Waals surface area (Å²) in [7, 11) is 0. The van der Waals surface area contributed by atoms with Crippen LogP contribution in [-0.4, -0.2) is 22.1 Å². The highest BCUT2D eigenvalue weighted by Gasteiger charge is 2.17. The minimum atomic E-state index is -0.677. The van der Waals surface area contributed by atoms with Crippen molar-refractivity contribution < 1.29 is 9.18 Å². The van der Waals surface area contributed by atoms with Crippen LogP contribution in [0.2, 0.25) is 5.02 Å². The second-order valence-electron chi connectivity index (χ2n) is 5.83. The van der Waals surface area contributed by atoms with Gasteiger partial charge < -0.3 is 10.6 Å². The standard InChI is InChI=1S/C17H18ClFN4O/c18-12-7-4-8-13(19)16(12)17(24)21-15-10-9-14(22-23-15)20-11-5-2-1-3-6-11/h4,7-11H,1-3,5-6H2,(H,20,22)(H,21,23,24). The number of hydrogen-bond donors (Lipinski definition) is 2. The van der Waals surface area contributed by atoms with E-state index in [2.05, 4.69) is 20.8 Å². The van der Waals surface area contributed by atoms with Gasteiger partial charge in [0.05, 0.1) is 10.6 Å². The Hall–Kier alpha value is -2.21. The highest BCUT2D eigenvalue weighted by molar-refractivity contribution is 6.34. The number of nitrogens with zero attached hydrogens (tertiary/aromatic N) is 2. The van der Waals surface area contributed by atoms with Crippen LogP contribution in [0.3, 0.4) is 0 Å². The van der Waals surface area contributed by atoms with Gasteiger partial charge in [-0.15, -0.1) is 10.2 Å². The largest absolute Gasteiger partial charge is 0.366 e. The maximum Gasteiger partial charge on any atom is 0.261 e. The number of anilines is 2. The van der Waals surface area contributed by atoms with Gasteiger partial charge in [0, 0.05) is 6.04 Å². The summed E-state index contributed by atoms with van der Waals surface area (Å²) in [5, 5.41) is 13.9. The van der Waals surface area contributed by atoms with Crippen LogP contribution >= 0.6 is 11.6 Å². The predicted octanol–water partition coefficient (Wildman–Crippen LogP) is 4.27. The summed E-state index contributed by atoms with van der Waals surface area (Å²) in [4.78, 5) is 12.1. The highest BCUT2D eigenvalue weighted by atomic mass is 35.5. The van der Waals surface area contributed by atoms with Crippen molar-refractivity contribution in [3.05, 3.63) is 46.7 Å². The lowest BCUT2D eigenvalue weighted by Gasteiger charge is -2.22. The smallest absolute Gasteiger partial charge is 0.261 e. The summed E-state index contributed by atoms with van der Waals surface area (Å²) in [6.07, 6.45) is 6.00. The number of benzene rings is 1. The van der Waals surface area contributed by atoms with Gasteiger partial charge in [-0.25, -0.2) is 4.39 Å². The zero-order valence-electron chi connectivity index (χ0n) is 13.1. The van der Waals surface area contributed by atoms with Crippen LogP contribution in [-0.2, 0) is 0 Å². The molecule has 0 aliphatic heterocycles. The molecule has 1 fully saturated rings. The third-order valence-electron chi connectivity index (χ3n) is 4.05. The fraction of sp³-hybridized carbons (Fsp3) is 0.353. The average Bonchev–Trinajstić information content (AvgIpc) is 2.57. The number of amides is 1. The first-order chi connectivity index (χ1) is 11.6. The monoisotopic (exact) mass is 348 g/mol. The van der Waals surface area contributed by atoms with E-state index in [1.54, 1.807) is 12.1 Å². The number of halogens is 2. The van der Waals surface area contributed by atoms with Crippen molar-refractivity contribution in [3.63, 3.8) is 0 Å². The Balaban J connectivity index is 1.64. The molecule has 0 bridgehead atoms. The van der Waals surface area contributed by atoms with Crippen LogP contribution in [0, 0.1) is 5.82 Å². The van der Waals surface area contributed by atoms with Gasteiger partial charge in [-0.05, 0) is 37.1 Å². The minimum absolute atomic E-state index is 0.0519. The molecule has 0 radical (unpaired) electrons. The van der Waals surface area contributed by atoms with Crippen LogP contribution in [0.1, 0.15) is 42.5 Å². The van der Waals surface area contributed by atoms with Gasteiger partial charge in [0.1, 0.15) is 11.6 Å². The summed E-state index contributed by atoms with van der Waals surface area (Å²) >= 11 is 5.88. The van der Waals surface area contributed by atoms with Crippen molar-refractivity contribution in [1.29, 1.82) is 0 Å². The maximum absolute atomic E-state index is 13.7. The normalized spacial score (nSPS) is 15.1. The van der Waals surface area contributed by atoms with Crippen molar-refractivity contribution in [3.8, 4) is 0 Å². The topological polar surface area (TPSA) is 66.9 Å². The number of rotatable bonds is 4. The van der Waals surface area contributed by atoms with Gasteiger partial charge in [-0.2, -0.15) is 0 Å². The van der Waals surface area contributed by atoms with Gasteiger partial charge in [0.2, 0.25) is 0 Å². The number of carbonyl (C=O) groups excluding carboxylic acids is 1. The lowest BCUT2D eigenvalue weighted by molar-refractivity contribution is 0.102. The van der Waals surface area contributed by atoms with E-state index in [1.807, 2.05) is 0 Å². The third-order valence-corrected chi connectivity index (χ3v) is 4.37. The first-order valence-corrected chi connectivity index (χ1v) is 8.37. The van der Waals surface area contributed by atoms with E-state index < -0.39 is 11.7 Å². The SMILES string of the molecule is O=C(Nc1ccc(NC2CCCCC2)nn1)c1c(F)cccc1Cl. The Kier molecular flexibility index (Phi) is 5.25. The molecule has 3 rings (SSSR count). The molecule has 0 atom stereocenters. The fourth-order valence-electron chi connectivity index (χ4n) is 2.83. The van der Waals surface area contributed by atoms with Crippen molar-refractivity contribution in [2.75, 3.05) is 10.6 Å². The molecule has 7 heteroatoms. The van der Waals surface area contributed by atoms with Crippen LogP contribution in [0.4, 0.5) is 16.0 Å². The molecule has 1 aliphatic carbocycles. The minimum Gasteiger partial charge on any atom is -0.366 e. The molecule has 0 spiro atoms. The molecule has 1 aromatic carbocycles. The quantitative estimate of drug-likeness (QED) is 0.866. The molecular weight excluding hydrogens is 331 g/mol. The maximum atomic E-state index is 13.7. The van der Waals surface area contributed by atoms with Gasteiger partial charge in [0.25, 0.3) is 5.91 Å². The van der Waals surface area contributed by atoms with E-state index in [-0.39, 0.29) is 16.4 Å². The van der Waals surface area contributed by atoms with Crippen molar-refractivity contribution in [2.45, 2.75) is 38.1 Å². The molecule has 126 valence electrons. The highest BCUT2D eigenvalue weighted by Crippen LogP contribution is 2.22. The Bertz CT molecular complexity index is 697. The molecule has 1 amide bonds. The lowest BCUT2D eigenvalue weighted by atomic mass is 9.95. The van der Waals surface area contributed by atoms with E-state index >= 15 is 0 Å². The molecule has 1 saturated carbocycles. The van der Waals surface area contributed by atoms with Crippen LogP contribution < -0.4 is 10.6 Å². The van der Waals surface area contributed by atoms with E-state index in [4.69, 9.17) is 11.6 Å². The van der Waals surface area contributed by atoms with Gasteiger partial charge in [-0.1, -0.05) is 36.9 Å². The molecular formula is C17H18ClFN4O. The Morgan fingerprint density at radius 2 is 1.79 bits per heavy atom. The summed E-state index contributed by atoms with van der Waals surface area (Å²) in [6.45, 7) is 0. The molecule has 0 saturated heterocycles. The van der Waals surface area contributed by atoms with E-state index in [0.717, 1.165) is 12.8 Å². The van der Waals surface area contributed by atoms with Gasteiger partial charge in [-0.3, -0.25) is 4.79 Å². The molecule has 2 aromatic rings. The van der Waals surface area contributed by atoms with E-state index in [0.29, 0.717) is 11.9 Å². The molecule has 1 aromatic heterocycles. The molecule has 1 aliphatic rings. The predicted molar refractivity (Wildman–Crippen MR) is 91.9 cm³/mol. The van der Waals surface area contributed by atoms with Crippen molar-refractivity contribution in [1.82, 2.24) is 10.2 Å². The average molecular weight is 349 g/mol. The number of hydrogen-bond acceptors (Lipinski definition) is 4. The second-order valence-corrected chi connectivity index (χ2v) is 6.24. The van der Waals surface area contributed by atoms with Gasteiger partial charge in [0.15, 0.2) is 5.82 Å². The van der Waals surface area contributed by atoms with Crippen LogP contribution in [0.5, 0.6) is 0 Å². The molecule has 2 N–H and O–H groups in total. The number of nitrogens with one attached hydrogen (secondary N) is 2. The Morgan fingerprint density at radius 3 is 2.46 bits per heavy atom. The summed E-state index contributed by atoms with van der Waals surface area (Å²) in [5.41, 5.74) is -0.203. The number of carbonyl (C=O) groups is 1. The molecule has 0 unspecified atom stereocenters. The first kappa shape index (κ1) is 16.6. The van der Waals surface area contributed by atoms with E-state index in [9.17, 15) is 9.18 Å². The summed E-state index contributed by atoms with van der Waals surface area (Å²) < 4.78 is 13.7. The van der Waals surface area contributed by atoms with Gasteiger partial charge >= 0.3 is 0 Å². The molecule has 24 heavy (non-hydrogen) atoms. The van der Waals surface area contributed by atoms with Crippen LogP contribution in [0.15, 0.2) is 30.3 Å². The second kappa shape index (κ2) is 7.57. The first-order valence-electron chi connectivity index (χ1n) is 7.99. The van der Waals surface area contributed by atoms with Crippen LogP contribution in [0.25, 0.3) is 0 Å². The van der Waals surface area contributed by atoms with Crippen molar-refractivity contribution >= 4 is 29.1 Å². The van der Waals surface area contributed by atoms with Crippen molar-refractivity contribution in [2.24, 2.45) is 0 Å². The molecule has 5 nitrogen and oxygen atoms in total. The third kappa shape index (κ3) is 4.00. The zero-order chi connectivity index (χ0) is 16.9. The lowest BCUT2D eigenvalue weighted by Crippen LogP contribution is -2.23. The summed E-state index contributed by atoms with van der Waals surface area (Å²) in [5.74, 6) is -0.415.